The van der Waals surface area contributed by atoms with Gasteiger partial charge in [-0.25, -0.2) is 0 Å². The van der Waals surface area contributed by atoms with Gasteiger partial charge in [-0.05, 0) is 12.1 Å². The Balaban J connectivity index is 0.000000141. The summed E-state index contributed by atoms with van der Waals surface area (Å²) in [6.45, 7) is 0. The van der Waals surface area contributed by atoms with Crippen molar-refractivity contribution in [2.24, 2.45) is 0 Å². The summed E-state index contributed by atoms with van der Waals surface area (Å²) < 4.78 is 2.15. The number of hydrogen-bond acceptors (Lipinski definition) is 2. The molecule has 0 bridgehead atoms. The average Bonchev–Trinajstić information content (AvgIpc) is 2.80. The van der Waals surface area contributed by atoms with Crippen LogP contribution in [0.4, 0.5) is 0 Å². The normalized spacial score (nSPS) is 11.1. The van der Waals surface area contributed by atoms with Crippen LogP contribution in [-0.4, -0.2) is 21.4 Å². The van der Waals surface area contributed by atoms with E-state index in [9.17, 15) is 0 Å². The summed E-state index contributed by atoms with van der Waals surface area (Å²) in [6.07, 6.45) is 3.60. The maximum absolute atomic E-state index is 6.54. The summed E-state index contributed by atoms with van der Waals surface area (Å²) in [5.74, 6) is 0. The summed E-state index contributed by atoms with van der Waals surface area (Å²) >= 11 is -3.05. The van der Waals surface area contributed by atoms with Crippen molar-refractivity contribution in [3.05, 3.63) is 109 Å². The van der Waals surface area contributed by atoms with Crippen LogP contribution in [0.1, 0.15) is 0 Å². The minimum Gasteiger partial charge on any atom is -0.254 e. The Labute approximate surface area is 180 Å². The van der Waals surface area contributed by atoms with Crippen LogP contribution in [0.3, 0.4) is 0 Å². The van der Waals surface area contributed by atoms with Crippen molar-refractivity contribution in [3.63, 3.8) is 0 Å². The Kier molecular flexibility index (Phi) is 6.14. The van der Waals surface area contributed by atoms with E-state index >= 15 is 0 Å². The van der Waals surface area contributed by atoms with Gasteiger partial charge in [0.2, 0.25) is 0 Å². The fourth-order valence-electron chi connectivity index (χ4n) is 3.14. The van der Waals surface area contributed by atoms with Gasteiger partial charge in [0, 0.05) is 23.2 Å². The topological polar surface area (TPSA) is 25.8 Å². The second-order valence-electron chi connectivity index (χ2n) is 6.52. The SMILES string of the molecule is [Cl][Ge]([Cl])([c]1ccccc1)[c]1ccccc1.c1cnc2c(c1)ccc1cccnc12. The molecule has 0 aliphatic carbocycles. The Hall–Kier alpha value is -2.40. The zero-order valence-corrected chi connectivity index (χ0v) is 19.2. The Morgan fingerprint density at radius 2 is 0.897 bits per heavy atom. The zero-order valence-electron chi connectivity index (χ0n) is 15.5. The van der Waals surface area contributed by atoms with E-state index in [2.05, 4.69) is 34.2 Å². The summed E-state index contributed by atoms with van der Waals surface area (Å²) in [4.78, 5) is 8.69. The van der Waals surface area contributed by atoms with Gasteiger partial charge in [-0.1, -0.05) is 24.3 Å². The number of nitrogens with zero attached hydrogens (tertiary/aromatic N) is 2. The molecule has 0 N–H and O–H groups in total. The van der Waals surface area contributed by atoms with Gasteiger partial charge < -0.3 is 0 Å². The second kappa shape index (κ2) is 8.95. The molecule has 3 aromatic carbocycles. The van der Waals surface area contributed by atoms with E-state index in [4.69, 9.17) is 20.0 Å². The quantitative estimate of drug-likeness (QED) is 0.248. The first kappa shape index (κ1) is 19.9. The maximum atomic E-state index is 6.54. The van der Waals surface area contributed by atoms with Gasteiger partial charge in [-0.3, -0.25) is 9.97 Å². The Morgan fingerprint density at radius 3 is 1.31 bits per heavy atom. The smallest absolute Gasteiger partial charge is 0.0964 e. The van der Waals surface area contributed by atoms with Crippen LogP contribution < -0.4 is 8.79 Å². The summed E-state index contributed by atoms with van der Waals surface area (Å²) in [5, 5.41) is 2.28. The van der Waals surface area contributed by atoms with Crippen molar-refractivity contribution < 1.29 is 0 Å². The van der Waals surface area contributed by atoms with E-state index in [1.165, 1.54) is 0 Å². The van der Waals surface area contributed by atoms with Crippen LogP contribution in [0.5, 0.6) is 0 Å². The van der Waals surface area contributed by atoms with Gasteiger partial charge in [-0.2, -0.15) is 0 Å². The fraction of sp³-hybridized carbons (Fsp3) is 0. The molecule has 5 rings (SSSR count). The third kappa shape index (κ3) is 4.45. The number of benzene rings is 3. The number of hydrogen-bond donors (Lipinski definition) is 0. The maximum Gasteiger partial charge on any atom is 0.0964 e. The molecule has 2 nitrogen and oxygen atoms in total. The van der Waals surface area contributed by atoms with Gasteiger partial charge in [0.15, 0.2) is 0 Å². The standard InChI is InChI=1S/C12H10Cl2Ge.C12H8N2/c13-15(14,11-7-3-1-4-8-11)12-9-5-2-6-10-12;1-3-9-5-6-10-4-2-8-14-12(10)11(9)13-7-1/h1-10H;1-8H. The molecule has 5 heteroatoms. The molecule has 142 valence electrons. The van der Waals surface area contributed by atoms with Gasteiger partial charge >= 0.3 is 101 Å². The average molecular weight is 478 g/mol. The summed E-state index contributed by atoms with van der Waals surface area (Å²) in [6, 6.07) is 32.0. The third-order valence-corrected chi connectivity index (χ3v) is 13.6. The first-order chi connectivity index (χ1) is 14.2. The van der Waals surface area contributed by atoms with Gasteiger partial charge in [0.25, 0.3) is 0 Å². The fourth-order valence-corrected chi connectivity index (χ4v) is 9.02. The molecule has 0 radical (unpaired) electrons. The van der Waals surface area contributed by atoms with Crippen molar-refractivity contribution in [1.29, 1.82) is 0 Å². The molecule has 0 amide bonds. The van der Waals surface area contributed by atoms with Gasteiger partial charge in [-0.15, -0.1) is 0 Å². The molecule has 29 heavy (non-hydrogen) atoms. The monoisotopic (exact) mass is 478 g/mol. The van der Waals surface area contributed by atoms with E-state index in [1.54, 1.807) is 12.4 Å². The van der Waals surface area contributed by atoms with E-state index in [0.29, 0.717) is 0 Å². The predicted octanol–water partition coefficient (Wildman–Crippen LogP) is 5.50. The molecule has 0 aliphatic heterocycles. The van der Waals surface area contributed by atoms with Gasteiger partial charge in [0.05, 0.1) is 11.0 Å². The Bertz CT molecular complexity index is 1130. The largest absolute Gasteiger partial charge is 0.254 e. The zero-order chi connectivity index (χ0) is 20.1. The van der Waals surface area contributed by atoms with E-state index in [1.807, 2.05) is 72.8 Å². The molecule has 0 saturated carbocycles. The molecule has 0 aliphatic rings. The van der Waals surface area contributed by atoms with Crippen LogP contribution in [-0.2, 0) is 0 Å². The van der Waals surface area contributed by atoms with Crippen molar-refractivity contribution in [2.45, 2.75) is 0 Å². The van der Waals surface area contributed by atoms with Crippen LogP contribution in [0.15, 0.2) is 109 Å². The number of fused-ring (bicyclic) bond motifs is 3. The van der Waals surface area contributed by atoms with E-state index < -0.39 is 11.4 Å². The van der Waals surface area contributed by atoms with Gasteiger partial charge in [0.1, 0.15) is 0 Å². The van der Waals surface area contributed by atoms with Crippen LogP contribution in [0.25, 0.3) is 21.8 Å². The first-order valence-electron chi connectivity index (χ1n) is 9.23. The molecule has 0 fully saturated rings. The summed E-state index contributed by atoms with van der Waals surface area (Å²) in [7, 11) is 13.1. The number of rotatable bonds is 2. The predicted molar refractivity (Wildman–Crippen MR) is 127 cm³/mol. The van der Waals surface area contributed by atoms with Crippen molar-refractivity contribution >= 4 is 62.0 Å². The van der Waals surface area contributed by atoms with Crippen molar-refractivity contribution in [2.75, 3.05) is 0 Å². The van der Waals surface area contributed by atoms with Crippen LogP contribution in [0, 0.1) is 0 Å². The molecule has 0 spiro atoms. The van der Waals surface area contributed by atoms with Crippen LogP contribution >= 0.6 is 20.0 Å². The van der Waals surface area contributed by atoms with E-state index in [0.717, 1.165) is 30.6 Å². The first-order valence-corrected chi connectivity index (χ1v) is 16.8. The molecule has 2 heterocycles. The Morgan fingerprint density at radius 1 is 0.483 bits per heavy atom. The van der Waals surface area contributed by atoms with Crippen molar-refractivity contribution in [1.82, 2.24) is 9.97 Å². The van der Waals surface area contributed by atoms with Crippen LogP contribution in [0.2, 0.25) is 0 Å². The number of aromatic nitrogens is 2. The molecular formula is C24H18Cl2GeN2. The molecule has 0 atom stereocenters. The number of halogens is 2. The molecule has 2 aromatic heterocycles. The molecule has 5 aromatic rings. The van der Waals surface area contributed by atoms with E-state index in [-0.39, 0.29) is 0 Å². The minimum atomic E-state index is -3.05. The third-order valence-electron chi connectivity index (χ3n) is 4.62. The van der Waals surface area contributed by atoms with Crippen molar-refractivity contribution in [3.8, 4) is 0 Å². The molecular weight excluding hydrogens is 460 g/mol. The molecule has 0 saturated heterocycles. The summed E-state index contributed by atoms with van der Waals surface area (Å²) in [5.41, 5.74) is 1.95. The number of pyridine rings is 2. The minimum absolute atomic E-state index is 0.977. The second-order valence-corrected chi connectivity index (χ2v) is 18.3. The molecule has 0 unspecified atom stereocenters.